The molecule has 0 aliphatic heterocycles. The summed E-state index contributed by atoms with van der Waals surface area (Å²) in [4.78, 5) is 4.61. The molecule has 4 nitrogen and oxygen atoms in total. The lowest BCUT2D eigenvalue weighted by Crippen LogP contribution is -2.17. The zero-order valence-electron chi connectivity index (χ0n) is 17.7. The number of hydrogen-bond donors (Lipinski definition) is 1. The summed E-state index contributed by atoms with van der Waals surface area (Å²) in [6.45, 7) is 0. The number of aryl methyl sites for hydroxylation is 1. The lowest BCUT2D eigenvalue weighted by atomic mass is 9.78. The van der Waals surface area contributed by atoms with Gasteiger partial charge in [0.15, 0.2) is 0 Å². The number of nitrogens with zero attached hydrogens (tertiary/aromatic N) is 2. The molecular weight excluding hydrogens is 394 g/mol. The molecule has 1 aromatic heterocycles. The van der Waals surface area contributed by atoms with Crippen LogP contribution in [0, 0.1) is 11.3 Å². The number of benzene rings is 3. The monoisotopic (exact) mass is 417 g/mol. The van der Waals surface area contributed by atoms with E-state index in [1.165, 1.54) is 5.56 Å². The van der Waals surface area contributed by atoms with E-state index in [-0.39, 0.29) is 0 Å². The molecule has 0 bridgehead atoms. The number of nitrogens with two attached hydrogens (primary N) is 1. The first-order chi connectivity index (χ1) is 15.7. The molecular formula is C28H23N3O. The van der Waals surface area contributed by atoms with Crippen LogP contribution in [0.4, 0.5) is 5.82 Å². The van der Waals surface area contributed by atoms with Crippen LogP contribution in [0.15, 0.2) is 84.9 Å². The molecule has 2 N–H and O–H groups in total. The van der Waals surface area contributed by atoms with E-state index in [1.54, 1.807) is 0 Å². The quantitative estimate of drug-likeness (QED) is 0.425. The van der Waals surface area contributed by atoms with Crippen molar-refractivity contribution in [1.82, 2.24) is 4.98 Å². The van der Waals surface area contributed by atoms with Crippen LogP contribution in [0.2, 0.25) is 0 Å². The number of pyridine rings is 1. The predicted molar refractivity (Wildman–Crippen MR) is 127 cm³/mol. The van der Waals surface area contributed by atoms with Crippen molar-refractivity contribution < 1.29 is 4.74 Å². The minimum Gasteiger partial charge on any atom is -0.457 e. The fraction of sp³-hybridized carbons (Fsp3) is 0.143. The average Bonchev–Trinajstić information content (AvgIpc) is 2.84. The van der Waals surface area contributed by atoms with Gasteiger partial charge in [0.1, 0.15) is 28.9 Å². The minimum absolute atomic E-state index is 0.300. The predicted octanol–water partition coefficient (Wildman–Crippen LogP) is 6.27. The van der Waals surface area contributed by atoms with Gasteiger partial charge in [-0.3, -0.25) is 0 Å². The van der Waals surface area contributed by atoms with E-state index in [1.807, 2.05) is 60.7 Å². The number of hydrogen-bond acceptors (Lipinski definition) is 4. The molecule has 1 heterocycles. The van der Waals surface area contributed by atoms with Gasteiger partial charge >= 0.3 is 0 Å². The van der Waals surface area contributed by atoms with E-state index in [2.05, 4.69) is 35.3 Å². The number of aromatic nitrogens is 1. The summed E-state index contributed by atoms with van der Waals surface area (Å²) >= 11 is 0. The van der Waals surface area contributed by atoms with Crippen LogP contribution in [0.1, 0.15) is 34.7 Å². The maximum absolute atomic E-state index is 9.95. The third-order valence-corrected chi connectivity index (χ3v) is 6.08. The Balaban J connectivity index is 1.59. The highest BCUT2D eigenvalue weighted by molar-refractivity contribution is 5.80. The van der Waals surface area contributed by atoms with Crippen LogP contribution in [0.3, 0.4) is 0 Å². The molecule has 1 aliphatic rings. The zero-order valence-corrected chi connectivity index (χ0v) is 17.7. The topological polar surface area (TPSA) is 71.9 Å². The summed E-state index contributed by atoms with van der Waals surface area (Å²) in [6.07, 6.45) is 2.70. The van der Waals surface area contributed by atoms with Gasteiger partial charge in [0, 0.05) is 11.3 Å². The van der Waals surface area contributed by atoms with Crippen molar-refractivity contribution >= 4 is 5.82 Å². The van der Waals surface area contributed by atoms with Crippen molar-refractivity contribution in [2.45, 2.75) is 25.2 Å². The molecule has 0 saturated carbocycles. The van der Waals surface area contributed by atoms with E-state index in [0.717, 1.165) is 53.1 Å². The summed E-state index contributed by atoms with van der Waals surface area (Å²) < 4.78 is 6.05. The second-order valence-electron chi connectivity index (χ2n) is 8.08. The van der Waals surface area contributed by atoms with E-state index in [0.29, 0.717) is 17.3 Å². The number of para-hydroxylation sites is 1. The molecule has 1 unspecified atom stereocenters. The third-order valence-electron chi connectivity index (χ3n) is 6.08. The summed E-state index contributed by atoms with van der Waals surface area (Å²) in [5.74, 6) is 2.18. The third kappa shape index (κ3) is 3.81. The Morgan fingerprint density at radius 1 is 0.906 bits per heavy atom. The molecule has 0 amide bonds. The van der Waals surface area contributed by atoms with E-state index in [4.69, 9.17) is 10.5 Å². The fourth-order valence-corrected chi connectivity index (χ4v) is 4.56. The smallest absolute Gasteiger partial charge is 0.142 e. The number of anilines is 1. The Bertz CT molecular complexity index is 1290. The van der Waals surface area contributed by atoms with Gasteiger partial charge in [-0.05, 0) is 66.1 Å². The van der Waals surface area contributed by atoms with E-state index >= 15 is 0 Å². The maximum Gasteiger partial charge on any atom is 0.142 e. The standard InChI is InChI=1S/C28H23N3O/c29-18-25-27(21-10-7-13-23(16-21)32-22-11-5-2-6-12-22)24-17-20(19-8-3-1-4-9-19)14-15-26(24)31-28(25)30/h1-13,16,20H,14-15,17H2,(H2,30,31). The highest BCUT2D eigenvalue weighted by Crippen LogP contribution is 2.41. The van der Waals surface area contributed by atoms with Gasteiger partial charge in [-0.15, -0.1) is 0 Å². The lowest BCUT2D eigenvalue weighted by Gasteiger charge is -2.27. The SMILES string of the molecule is N#Cc1c(N)nc2c(c1-c1cccc(Oc3ccccc3)c1)CC(c1ccccc1)CC2. The minimum atomic E-state index is 0.300. The molecule has 1 atom stereocenters. The number of ether oxygens (including phenoxy) is 1. The van der Waals surface area contributed by atoms with Gasteiger partial charge in [-0.1, -0.05) is 60.7 Å². The largest absolute Gasteiger partial charge is 0.457 e. The highest BCUT2D eigenvalue weighted by atomic mass is 16.5. The molecule has 3 aromatic carbocycles. The normalized spacial score (nSPS) is 14.9. The van der Waals surface area contributed by atoms with Gasteiger partial charge in [-0.25, -0.2) is 4.98 Å². The summed E-state index contributed by atoms with van der Waals surface area (Å²) in [5.41, 5.74) is 11.9. The second kappa shape index (κ2) is 8.56. The molecule has 4 aromatic rings. The van der Waals surface area contributed by atoms with Crippen LogP contribution < -0.4 is 10.5 Å². The Morgan fingerprint density at radius 2 is 1.62 bits per heavy atom. The van der Waals surface area contributed by atoms with Crippen molar-refractivity contribution in [1.29, 1.82) is 5.26 Å². The first kappa shape index (κ1) is 19.8. The number of rotatable bonds is 4. The maximum atomic E-state index is 9.95. The first-order valence-corrected chi connectivity index (χ1v) is 10.8. The van der Waals surface area contributed by atoms with Crippen molar-refractivity contribution in [3.63, 3.8) is 0 Å². The molecule has 0 spiro atoms. The molecule has 1 aliphatic carbocycles. The molecule has 0 radical (unpaired) electrons. The summed E-state index contributed by atoms with van der Waals surface area (Å²) in [6, 6.07) is 30.4. The van der Waals surface area contributed by atoms with Crippen molar-refractivity contribution in [3.05, 3.63) is 107 Å². The Morgan fingerprint density at radius 3 is 2.38 bits per heavy atom. The summed E-state index contributed by atoms with van der Waals surface area (Å²) in [5, 5.41) is 9.95. The zero-order chi connectivity index (χ0) is 21.9. The van der Waals surface area contributed by atoms with Gasteiger partial charge in [-0.2, -0.15) is 5.26 Å². The van der Waals surface area contributed by atoms with Crippen LogP contribution >= 0.6 is 0 Å². The van der Waals surface area contributed by atoms with Crippen LogP contribution in [-0.2, 0) is 12.8 Å². The first-order valence-electron chi connectivity index (χ1n) is 10.8. The number of nitriles is 1. The van der Waals surface area contributed by atoms with Crippen molar-refractivity contribution in [2.75, 3.05) is 5.73 Å². The Kier molecular flexibility index (Phi) is 5.31. The van der Waals surface area contributed by atoms with Crippen LogP contribution in [0.25, 0.3) is 11.1 Å². The number of fused-ring (bicyclic) bond motifs is 1. The average molecular weight is 418 g/mol. The molecule has 5 rings (SSSR count). The summed E-state index contributed by atoms with van der Waals surface area (Å²) in [7, 11) is 0. The lowest BCUT2D eigenvalue weighted by molar-refractivity contribution is 0.483. The molecule has 4 heteroatoms. The van der Waals surface area contributed by atoms with Gasteiger partial charge in [0.05, 0.1) is 0 Å². The molecule has 0 saturated heterocycles. The van der Waals surface area contributed by atoms with Crippen LogP contribution in [-0.4, -0.2) is 4.98 Å². The van der Waals surface area contributed by atoms with Crippen molar-refractivity contribution in [2.24, 2.45) is 0 Å². The second-order valence-corrected chi connectivity index (χ2v) is 8.08. The van der Waals surface area contributed by atoms with E-state index in [9.17, 15) is 5.26 Å². The highest BCUT2D eigenvalue weighted by Gasteiger charge is 2.27. The Hall–Kier alpha value is -4.10. The molecule has 156 valence electrons. The van der Waals surface area contributed by atoms with Gasteiger partial charge < -0.3 is 10.5 Å². The Labute approximate surface area is 187 Å². The van der Waals surface area contributed by atoms with Crippen molar-refractivity contribution in [3.8, 4) is 28.7 Å². The van der Waals surface area contributed by atoms with Gasteiger partial charge in [0.25, 0.3) is 0 Å². The number of nitrogen functional groups attached to an aromatic ring is 1. The van der Waals surface area contributed by atoms with E-state index < -0.39 is 0 Å². The fourth-order valence-electron chi connectivity index (χ4n) is 4.56. The van der Waals surface area contributed by atoms with Crippen LogP contribution in [0.5, 0.6) is 11.5 Å². The molecule has 0 fully saturated rings. The molecule has 32 heavy (non-hydrogen) atoms. The van der Waals surface area contributed by atoms with Gasteiger partial charge in [0.2, 0.25) is 0 Å².